The van der Waals surface area contributed by atoms with Gasteiger partial charge < -0.3 is 9.47 Å². The molecular formula is C17H26O2S. The van der Waals surface area contributed by atoms with Crippen molar-refractivity contribution in [2.24, 2.45) is 0 Å². The molecule has 1 aromatic rings. The van der Waals surface area contributed by atoms with E-state index in [4.69, 9.17) is 9.47 Å². The van der Waals surface area contributed by atoms with E-state index < -0.39 is 0 Å². The third kappa shape index (κ3) is 5.70. The van der Waals surface area contributed by atoms with Gasteiger partial charge in [0.05, 0.1) is 11.7 Å². The van der Waals surface area contributed by atoms with Crippen LogP contribution in [0.4, 0.5) is 0 Å². The van der Waals surface area contributed by atoms with Gasteiger partial charge in [-0.05, 0) is 32.4 Å². The molecule has 0 unspecified atom stereocenters. The number of benzene rings is 1. The van der Waals surface area contributed by atoms with Gasteiger partial charge in [0.25, 0.3) is 0 Å². The van der Waals surface area contributed by atoms with E-state index in [0.717, 1.165) is 18.6 Å². The Morgan fingerprint density at radius 3 is 2.45 bits per heavy atom. The minimum absolute atomic E-state index is 0.163. The summed E-state index contributed by atoms with van der Waals surface area (Å²) in [6.07, 6.45) is 3.78. The fourth-order valence-electron chi connectivity index (χ4n) is 2.00. The smallest absolute Gasteiger partial charge is 0.0769 e. The van der Waals surface area contributed by atoms with Crippen LogP contribution in [0.25, 0.3) is 0 Å². The van der Waals surface area contributed by atoms with Crippen LogP contribution in [-0.2, 0) is 9.47 Å². The molecule has 0 aliphatic heterocycles. The molecule has 0 spiro atoms. The maximum atomic E-state index is 5.73. The highest BCUT2D eigenvalue weighted by Crippen LogP contribution is 2.29. The van der Waals surface area contributed by atoms with Gasteiger partial charge >= 0.3 is 0 Å². The number of ether oxygens (including phenoxy) is 2. The van der Waals surface area contributed by atoms with Gasteiger partial charge in [-0.3, -0.25) is 0 Å². The minimum Gasteiger partial charge on any atom is -0.381 e. The van der Waals surface area contributed by atoms with Crippen LogP contribution in [0, 0.1) is 6.92 Å². The molecule has 0 radical (unpaired) electrons. The number of rotatable bonds is 9. The van der Waals surface area contributed by atoms with Crippen molar-refractivity contribution in [2.75, 3.05) is 20.0 Å². The molecule has 0 fully saturated rings. The first-order valence-electron chi connectivity index (χ1n) is 6.91. The summed E-state index contributed by atoms with van der Waals surface area (Å²) in [7, 11) is 3.52. The van der Waals surface area contributed by atoms with E-state index in [0.29, 0.717) is 0 Å². The second kappa shape index (κ2) is 8.50. The van der Waals surface area contributed by atoms with Crippen LogP contribution in [0.15, 0.2) is 41.8 Å². The monoisotopic (exact) mass is 294 g/mol. The molecule has 0 N–H and O–H groups in total. The van der Waals surface area contributed by atoms with Crippen LogP contribution < -0.4 is 0 Å². The molecule has 112 valence electrons. The van der Waals surface area contributed by atoms with Crippen LogP contribution in [-0.4, -0.2) is 31.7 Å². The lowest BCUT2D eigenvalue weighted by Crippen LogP contribution is -2.35. The summed E-state index contributed by atoms with van der Waals surface area (Å²) in [6, 6.07) is 8.60. The van der Waals surface area contributed by atoms with Crippen LogP contribution in [0.3, 0.4) is 0 Å². The van der Waals surface area contributed by atoms with Crippen LogP contribution in [0.5, 0.6) is 0 Å². The van der Waals surface area contributed by atoms with E-state index in [1.165, 1.54) is 10.5 Å². The van der Waals surface area contributed by atoms with Gasteiger partial charge in [-0.15, -0.1) is 18.3 Å². The normalized spacial score (nSPS) is 15.6. The first kappa shape index (κ1) is 17.3. The molecule has 3 heteroatoms. The second-order valence-electron chi connectivity index (χ2n) is 5.34. The molecule has 0 saturated carbocycles. The molecule has 0 heterocycles. The van der Waals surface area contributed by atoms with Gasteiger partial charge in [-0.25, -0.2) is 0 Å². The van der Waals surface area contributed by atoms with Gasteiger partial charge in [-0.2, -0.15) is 0 Å². The fraction of sp³-hybridized carbons (Fsp3) is 0.529. The fourth-order valence-corrected chi connectivity index (χ4v) is 3.04. The van der Waals surface area contributed by atoms with Crippen molar-refractivity contribution in [3.05, 3.63) is 42.5 Å². The lowest BCUT2D eigenvalue weighted by molar-refractivity contribution is -0.0271. The molecule has 0 saturated heterocycles. The lowest BCUT2D eigenvalue weighted by Gasteiger charge is -2.31. The van der Waals surface area contributed by atoms with E-state index in [-0.39, 0.29) is 11.7 Å². The molecule has 1 aromatic carbocycles. The summed E-state index contributed by atoms with van der Waals surface area (Å²) in [5.41, 5.74) is 1.09. The van der Waals surface area contributed by atoms with Crippen molar-refractivity contribution in [1.82, 2.24) is 0 Å². The van der Waals surface area contributed by atoms with Crippen molar-refractivity contribution in [3.8, 4) is 0 Å². The highest BCUT2D eigenvalue weighted by atomic mass is 32.2. The zero-order valence-corrected chi connectivity index (χ0v) is 13.8. The molecule has 2 nitrogen and oxygen atoms in total. The number of hydrogen-bond acceptors (Lipinski definition) is 3. The zero-order valence-electron chi connectivity index (χ0n) is 13.0. The first-order chi connectivity index (χ1) is 9.53. The average molecular weight is 294 g/mol. The average Bonchev–Trinajstić information content (AvgIpc) is 2.46. The van der Waals surface area contributed by atoms with E-state index in [9.17, 15) is 0 Å². The quantitative estimate of drug-likeness (QED) is 0.494. The molecule has 2 atom stereocenters. The Kier molecular flexibility index (Phi) is 7.35. The molecule has 0 amide bonds. The third-order valence-corrected chi connectivity index (χ3v) is 4.84. The second-order valence-corrected chi connectivity index (χ2v) is 6.39. The highest BCUT2D eigenvalue weighted by Gasteiger charge is 2.27. The summed E-state index contributed by atoms with van der Waals surface area (Å²) in [5, 5.41) is 0. The summed E-state index contributed by atoms with van der Waals surface area (Å²) >= 11 is 1.82. The molecule has 20 heavy (non-hydrogen) atoms. The topological polar surface area (TPSA) is 18.5 Å². The largest absolute Gasteiger partial charge is 0.381 e. The lowest BCUT2D eigenvalue weighted by atomic mass is 9.98. The van der Waals surface area contributed by atoms with Crippen LogP contribution >= 0.6 is 11.8 Å². The van der Waals surface area contributed by atoms with E-state index in [1.54, 1.807) is 14.2 Å². The van der Waals surface area contributed by atoms with Gasteiger partial charge in [-0.1, -0.05) is 23.8 Å². The standard InChI is InChI=1S/C17H26O2S/c1-6-7-15(18-4)12-17(3,19-5)13-20-16-10-8-14(2)9-11-16/h6,8-11,15H,1,7,12-13H2,2-5H3/t15-,17+/m1/s1. The van der Waals surface area contributed by atoms with Gasteiger partial charge in [0.1, 0.15) is 0 Å². The predicted molar refractivity (Wildman–Crippen MR) is 87.5 cm³/mol. The number of methoxy groups -OCH3 is 2. The van der Waals surface area contributed by atoms with E-state index >= 15 is 0 Å². The Balaban J connectivity index is 2.59. The Morgan fingerprint density at radius 1 is 1.30 bits per heavy atom. The Morgan fingerprint density at radius 2 is 1.95 bits per heavy atom. The molecule has 1 rings (SSSR count). The Bertz CT molecular complexity index is 402. The molecule has 0 aromatic heterocycles. The van der Waals surface area contributed by atoms with E-state index in [2.05, 4.69) is 44.7 Å². The SMILES string of the molecule is C=CC[C@H](C[C@@](C)(CSc1ccc(C)cc1)OC)OC. The van der Waals surface area contributed by atoms with Crippen molar-refractivity contribution in [1.29, 1.82) is 0 Å². The van der Waals surface area contributed by atoms with Crippen molar-refractivity contribution >= 4 is 11.8 Å². The van der Waals surface area contributed by atoms with Crippen molar-refractivity contribution in [2.45, 2.75) is 43.3 Å². The maximum Gasteiger partial charge on any atom is 0.0769 e. The summed E-state index contributed by atoms with van der Waals surface area (Å²) in [5.74, 6) is 0.906. The summed E-state index contributed by atoms with van der Waals surface area (Å²) < 4.78 is 11.2. The summed E-state index contributed by atoms with van der Waals surface area (Å²) in [4.78, 5) is 1.27. The predicted octanol–water partition coefficient (Wildman–Crippen LogP) is 4.47. The molecule has 0 aliphatic carbocycles. The number of hydrogen-bond donors (Lipinski definition) is 0. The minimum atomic E-state index is -0.195. The van der Waals surface area contributed by atoms with E-state index in [1.807, 2.05) is 17.8 Å². The summed E-state index contributed by atoms with van der Waals surface area (Å²) in [6.45, 7) is 8.03. The van der Waals surface area contributed by atoms with Crippen LogP contribution in [0.2, 0.25) is 0 Å². The van der Waals surface area contributed by atoms with Crippen molar-refractivity contribution < 1.29 is 9.47 Å². The Hall–Kier alpha value is -0.770. The molecule has 0 aliphatic rings. The highest BCUT2D eigenvalue weighted by molar-refractivity contribution is 7.99. The zero-order chi connectivity index (χ0) is 15.0. The van der Waals surface area contributed by atoms with Gasteiger partial charge in [0.2, 0.25) is 0 Å². The number of aryl methyl sites for hydroxylation is 1. The first-order valence-corrected chi connectivity index (χ1v) is 7.90. The third-order valence-electron chi connectivity index (χ3n) is 3.48. The maximum absolute atomic E-state index is 5.73. The van der Waals surface area contributed by atoms with Gasteiger partial charge in [0, 0.05) is 31.3 Å². The van der Waals surface area contributed by atoms with Crippen molar-refractivity contribution in [3.63, 3.8) is 0 Å². The molecular weight excluding hydrogens is 268 g/mol. The van der Waals surface area contributed by atoms with Gasteiger partial charge in [0.15, 0.2) is 0 Å². The van der Waals surface area contributed by atoms with Crippen LogP contribution in [0.1, 0.15) is 25.3 Å². The Labute approximate surface area is 127 Å². The number of thioether (sulfide) groups is 1. The molecule has 0 bridgehead atoms.